The van der Waals surface area contributed by atoms with E-state index in [1.54, 1.807) is 0 Å². The molecule has 2 aromatic rings. The molecule has 22 heavy (non-hydrogen) atoms. The first kappa shape index (κ1) is 16.6. The van der Waals surface area contributed by atoms with Gasteiger partial charge in [-0.1, -0.05) is 39.8 Å². The summed E-state index contributed by atoms with van der Waals surface area (Å²) in [6, 6.07) is 10.3. The third-order valence-corrected chi connectivity index (χ3v) is 3.71. The predicted octanol–water partition coefficient (Wildman–Crippen LogP) is 3.59. The summed E-state index contributed by atoms with van der Waals surface area (Å²) in [6.07, 6.45) is 1.00. The first-order valence-electron chi connectivity index (χ1n) is 7.94. The van der Waals surface area contributed by atoms with Gasteiger partial charge in [-0.2, -0.15) is 5.10 Å². The van der Waals surface area contributed by atoms with Crippen molar-refractivity contribution >= 4 is 0 Å². The number of nitrogens with one attached hydrogen (secondary N) is 1. The van der Waals surface area contributed by atoms with E-state index in [1.165, 1.54) is 0 Å². The second kappa shape index (κ2) is 6.97. The van der Waals surface area contributed by atoms with Gasteiger partial charge in [0.05, 0.1) is 12.3 Å². The van der Waals surface area contributed by atoms with E-state index in [0.29, 0.717) is 6.54 Å². The van der Waals surface area contributed by atoms with Crippen LogP contribution < -0.4 is 10.5 Å². The summed E-state index contributed by atoms with van der Waals surface area (Å²) < 4.78 is 5.72. The molecule has 1 heterocycles. The molecule has 4 heteroatoms. The molecule has 0 aliphatic heterocycles. The Balaban J connectivity index is 2.26. The van der Waals surface area contributed by atoms with Crippen LogP contribution in [0.15, 0.2) is 30.3 Å². The van der Waals surface area contributed by atoms with Gasteiger partial charge in [-0.3, -0.25) is 5.10 Å². The SMILES string of the molecule is CCCOc1cccc(C(CN)c2cc(C(C)(C)C)n[nH]2)c1. The monoisotopic (exact) mass is 301 g/mol. The fraction of sp³-hybridized carbons (Fsp3) is 0.500. The zero-order chi connectivity index (χ0) is 16.2. The molecule has 0 bridgehead atoms. The summed E-state index contributed by atoms with van der Waals surface area (Å²) >= 11 is 0. The van der Waals surface area contributed by atoms with Gasteiger partial charge in [0.2, 0.25) is 0 Å². The van der Waals surface area contributed by atoms with Crippen molar-refractivity contribution in [3.05, 3.63) is 47.3 Å². The average Bonchev–Trinajstić information content (AvgIpc) is 2.96. The van der Waals surface area contributed by atoms with Crippen molar-refractivity contribution < 1.29 is 4.74 Å². The minimum absolute atomic E-state index is 0.0278. The zero-order valence-corrected chi connectivity index (χ0v) is 14.0. The van der Waals surface area contributed by atoms with Gasteiger partial charge in [0.1, 0.15) is 5.75 Å². The van der Waals surface area contributed by atoms with Gasteiger partial charge in [0.15, 0.2) is 0 Å². The summed E-state index contributed by atoms with van der Waals surface area (Å²) in [4.78, 5) is 0. The minimum Gasteiger partial charge on any atom is -0.494 e. The molecule has 0 saturated carbocycles. The van der Waals surface area contributed by atoms with Crippen LogP contribution in [0.3, 0.4) is 0 Å². The lowest BCUT2D eigenvalue weighted by molar-refractivity contribution is 0.317. The Morgan fingerprint density at radius 2 is 2.05 bits per heavy atom. The summed E-state index contributed by atoms with van der Waals surface area (Å²) in [5, 5.41) is 7.60. The highest BCUT2D eigenvalue weighted by molar-refractivity contribution is 5.36. The topological polar surface area (TPSA) is 63.9 Å². The number of nitrogens with zero attached hydrogens (tertiary/aromatic N) is 1. The van der Waals surface area contributed by atoms with Crippen LogP contribution in [0.2, 0.25) is 0 Å². The van der Waals surface area contributed by atoms with Crippen molar-refractivity contribution in [3.63, 3.8) is 0 Å². The van der Waals surface area contributed by atoms with Crippen LogP contribution in [-0.2, 0) is 5.41 Å². The van der Waals surface area contributed by atoms with Crippen molar-refractivity contribution in [2.24, 2.45) is 5.73 Å². The maximum atomic E-state index is 6.02. The van der Waals surface area contributed by atoms with Gasteiger partial charge < -0.3 is 10.5 Å². The lowest BCUT2D eigenvalue weighted by atomic mass is 9.90. The normalized spacial score (nSPS) is 13.1. The first-order chi connectivity index (χ1) is 10.5. The van der Waals surface area contributed by atoms with Crippen molar-refractivity contribution in [2.75, 3.05) is 13.2 Å². The van der Waals surface area contributed by atoms with Crippen LogP contribution in [-0.4, -0.2) is 23.3 Å². The highest BCUT2D eigenvalue weighted by Gasteiger charge is 2.21. The molecule has 1 aromatic carbocycles. The van der Waals surface area contributed by atoms with Crippen molar-refractivity contribution in [3.8, 4) is 5.75 Å². The molecule has 4 nitrogen and oxygen atoms in total. The molecule has 1 unspecified atom stereocenters. The fourth-order valence-electron chi connectivity index (χ4n) is 2.38. The van der Waals surface area contributed by atoms with Gasteiger partial charge in [-0.15, -0.1) is 0 Å². The molecule has 0 amide bonds. The molecule has 3 N–H and O–H groups in total. The van der Waals surface area contributed by atoms with Gasteiger partial charge >= 0.3 is 0 Å². The quantitative estimate of drug-likeness (QED) is 0.857. The smallest absolute Gasteiger partial charge is 0.119 e. The molecule has 0 saturated heterocycles. The summed E-state index contributed by atoms with van der Waals surface area (Å²) in [6.45, 7) is 9.83. The second-order valence-corrected chi connectivity index (χ2v) is 6.67. The number of hydrogen-bond acceptors (Lipinski definition) is 3. The lowest BCUT2D eigenvalue weighted by Crippen LogP contribution is -2.14. The highest BCUT2D eigenvalue weighted by atomic mass is 16.5. The molecule has 0 fully saturated rings. The molecule has 0 spiro atoms. The Morgan fingerprint density at radius 1 is 1.27 bits per heavy atom. The molecule has 0 aliphatic carbocycles. The van der Waals surface area contributed by atoms with Crippen LogP contribution in [0.25, 0.3) is 0 Å². The van der Waals surface area contributed by atoms with E-state index in [0.717, 1.165) is 35.7 Å². The number of aromatic nitrogens is 2. The van der Waals surface area contributed by atoms with E-state index in [1.807, 2.05) is 12.1 Å². The number of aromatic amines is 1. The van der Waals surface area contributed by atoms with Gasteiger partial charge in [0.25, 0.3) is 0 Å². The molecule has 0 radical (unpaired) electrons. The summed E-state index contributed by atoms with van der Waals surface area (Å²) in [7, 11) is 0. The predicted molar refractivity (Wildman–Crippen MR) is 90.4 cm³/mol. The van der Waals surface area contributed by atoms with E-state index in [9.17, 15) is 0 Å². The number of hydrogen-bond donors (Lipinski definition) is 2. The second-order valence-electron chi connectivity index (χ2n) is 6.67. The van der Waals surface area contributed by atoms with Gasteiger partial charge in [0, 0.05) is 23.6 Å². The molecule has 2 rings (SSSR count). The van der Waals surface area contributed by atoms with Crippen molar-refractivity contribution in [1.82, 2.24) is 10.2 Å². The van der Waals surface area contributed by atoms with E-state index < -0.39 is 0 Å². The third-order valence-electron chi connectivity index (χ3n) is 3.71. The van der Waals surface area contributed by atoms with Gasteiger partial charge in [-0.25, -0.2) is 0 Å². The molecule has 120 valence electrons. The number of benzene rings is 1. The molecular formula is C18H27N3O. The van der Waals surface area contributed by atoms with Crippen LogP contribution in [0, 0.1) is 0 Å². The maximum absolute atomic E-state index is 6.02. The number of nitrogens with two attached hydrogens (primary N) is 1. The number of rotatable bonds is 6. The highest BCUT2D eigenvalue weighted by Crippen LogP contribution is 2.28. The van der Waals surface area contributed by atoms with Crippen LogP contribution in [0.1, 0.15) is 57.0 Å². The fourth-order valence-corrected chi connectivity index (χ4v) is 2.38. The maximum Gasteiger partial charge on any atom is 0.119 e. The number of H-pyrrole nitrogens is 1. The standard InChI is InChI=1S/C18H27N3O/c1-5-9-22-14-8-6-7-13(10-14)15(12-19)16-11-17(21-20-16)18(2,3)4/h6-8,10-11,15H,5,9,12,19H2,1-4H3,(H,20,21). The Kier molecular flexibility index (Phi) is 5.24. The average molecular weight is 301 g/mol. The van der Waals surface area contributed by atoms with Crippen LogP contribution in [0.5, 0.6) is 5.75 Å². The Labute approximate surface area is 133 Å². The molecular weight excluding hydrogens is 274 g/mol. The summed E-state index contributed by atoms with van der Waals surface area (Å²) in [5.74, 6) is 1.00. The largest absolute Gasteiger partial charge is 0.494 e. The van der Waals surface area contributed by atoms with E-state index in [-0.39, 0.29) is 11.3 Å². The van der Waals surface area contributed by atoms with Crippen molar-refractivity contribution in [2.45, 2.75) is 45.4 Å². The Morgan fingerprint density at radius 3 is 2.64 bits per heavy atom. The van der Waals surface area contributed by atoms with E-state index in [2.05, 4.69) is 56.1 Å². The van der Waals surface area contributed by atoms with Crippen LogP contribution >= 0.6 is 0 Å². The molecule has 1 atom stereocenters. The summed E-state index contributed by atoms with van der Waals surface area (Å²) in [5.41, 5.74) is 9.31. The molecule has 1 aromatic heterocycles. The van der Waals surface area contributed by atoms with E-state index >= 15 is 0 Å². The zero-order valence-electron chi connectivity index (χ0n) is 14.0. The van der Waals surface area contributed by atoms with Crippen LogP contribution in [0.4, 0.5) is 0 Å². The van der Waals surface area contributed by atoms with Crippen molar-refractivity contribution in [1.29, 1.82) is 0 Å². The van der Waals surface area contributed by atoms with E-state index in [4.69, 9.17) is 10.5 Å². The Bertz CT molecular complexity index is 598. The third kappa shape index (κ3) is 3.89. The molecule has 0 aliphatic rings. The first-order valence-corrected chi connectivity index (χ1v) is 7.94. The lowest BCUT2D eigenvalue weighted by Gasteiger charge is -2.16. The van der Waals surface area contributed by atoms with Gasteiger partial charge in [-0.05, 0) is 30.2 Å². The number of ether oxygens (including phenoxy) is 1. The Hall–Kier alpha value is -1.81. The minimum atomic E-state index is 0.0278.